The van der Waals surface area contributed by atoms with Crippen LogP contribution in [0.2, 0.25) is 0 Å². The first-order valence-electron chi connectivity index (χ1n) is 6.94. The van der Waals surface area contributed by atoms with E-state index in [9.17, 15) is 5.26 Å². The van der Waals surface area contributed by atoms with Crippen LogP contribution in [0.3, 0.4) is 0 Å². The maximum absolute atomic E-state index is 9.49. The van der Waals surface area contributed by atoms with Crippen LogP contribution in [-0.2, 0) is 6.42 Å². The molecule has 0 bridgehead atoms. The zero-order valence-electron chi connectivity index (χ0n) is 12.4. The molecule has 0 aliphatic heterocycles. The molecule has 0 N–H and O–H groups in total. The van der Waals surface area contributed by atoms with Crippen LogP contribution >= 0.6 is 0 Å². The highest BCUT2D eigenvalue weighted by molar-refractivity contribution is 5.44. The minimum Gasteiger partial charge on any atom is -0.497 e. The second-order valence-electron chi connectivity index (χ2n) is 4.81. The van der Waals surface area contributed by atoms with Gasteiger partial charge in [-0.3, -0.25) is 0 Å². The summed E-state index contributed by atoms with van der Waals surface area (Å²) in [6.45, 7) is 0. The Morgan fingerprint density at radius 1 is 1.05 bits per heavy atom. The predicted octanol–water partition coefficient (Wildman–Crippen LogP) is 3.94. The number of ether oxygens (including phenoxy) is 2. The summed E-state index contributed by atoms with van der Waals surface area (Å²) in [5.74, 6) is 1.26. The summed E-state index contributed by atoms with van der Waals surface area (Å²) in [5, 5.41) is 9.49. The van der Waals surface area contributed by atoms with Crippen molar-refractivity contribution < 1.29 is 9.47 Å². The third-order valence-corrected chi connectivity index (χ3v) is 3.53. The van der Waals surface area contributed by atoms with Crippen molar-refractivity contribution >= 4 is 0 Å². The van der Waals surface area contributed by atoms with E-state index in [1.165, 1.54) is 5.56 Å². The van der Waals surface area contributed by atoms with Crippen molar-refractivity contribution in [1.29, 1.82) is 5.26 Å². The minimum absolute atomic E-state index is 0.213. The maximum atomic E-state index is 9.49. The molecule has 0 spiro atoms. The van der Waals surface area contributed by atoms with Crippen molar-refractivity contribution in [3.8, 4) is 17.6 Å². The lowest BCUT2D eigenvalue weighted by Gasteiger charge is -2.15. The number of hydrogen-bond donors (Lipinski definition) is 0. The van der Waals surface area contributed by atoms with Crippen LogP contribution < -0.4 is 9.47 Å². The number of nitrogens with zero attached hydrogens (tertiary/aromatic N) is 1. The van der Waals surface area contributed by atoms with Gasteiger partial charge in [0.25, 0.3) is 0 Å². The molecule has 2 rings (SSSR count). The highest BCUT2D eigenvalue weighted by atomic mass is 16.5. The average molecular weight is 281 g/mol. The first-order valence-corrected chi connectivity index (χ1v) is 6.94. The van der Waals surface area contributed by atoms with Crippen molar-refractivity contribution in [2.24, 2.45) is 0 Å². The standard InChI is InChI=1S/C18H19NO2/c1-20-16-10-11-18(21-2)17(12-16)15(13-19)9-8-14-6-4-3-5-7-14/h3-7,10-12,15H,8-9H2,1-2H3. The number of aryl methyl sites for hydroxylation is 1. The third kappa shape index (κ3) is 3.76. The topological polar surface area (TPSA) is 42.2 Å². The van der Waals surface area contributed by atoms with Gasteiger partial charge >= 0.3 is 0 Å². The lowest BCUT2D eigenvalue weighted by Crippen LogP contribution is -2.02. The second kappa shape index (κ2) is 7.35. The van der Waals surface area contributed by atoms with E-state index in [1.807, 2.05) is 36.4 Å². The van der Waals surface area contributed by atoms with E-state index >= 15 is 0 Å². The third-order valence-electron chi connectivity index (χ3n) is 3.53. The molecule has 2 aromatic carbocycles. The Morgan fingerprint density at radius 2 is 1.81 bits per heavy atom. The molecule has 0 fully saturated rings. The van der Waals surface area contributed by atoms with Crippen molar-refractivity contribution in [2.75, 3.05) is 14.2 Å². The largest absolute Gasteiger partial charge is 0.497 e. The molecular weight excluding hydrogens is 262 g/mol. The Bertz CT molecular complexity index is 617. The van der Waals surface area contributed by atoms with Gasteiger partial charge in [-0.2, -0.15) is 5.26 Å². The fourth-order valence-electron chi connectivity index (χ4n) is 2.36. The van der Waals surface area contributed by atoms with E-state index in [0.29, 0.717) is 0 Å². The Morgan fingerprint density at radius 3 is 2.43 bits per heavy atom. The molecule has 0 aromatic heterocycles. The second-order valence-corrected chi connectivity index (χ2v) is 4.81. The highest BCUT2D eigenvalue weighted by Crippen LogP contribution is 2.32. The lowest BCUT2D eigenvalue weighted by molar-refractivity contribution is 0.396. The molecule has 108 valence electrons. The van der Waals surface area contributed by atoms with Gasteiger partial charge < -0.3 is 9.47 Å². The number of methoxy groups -OCH3 is 2. The zero-order valence-corrected chi connectivity index (χ0v) is 12.4. The van der Waals surface area contributed by atoms with E-state index in [-0.39, 0.29) is 5.92 Å². The number of nitriles is 1. The summed E-state index contributed by atoms with van der Waals surface area (Å²) in [6.07, 6.45) is 1.61. The molecule has 21 heavy (non-hydrogen) atoms. The van der Waals surface area contributed by atoms with Crippen LogP contribution in [0.25, 0.3) is 0 Å². The Labute approximate surface area is 125 Å². The molecule has 0 aliphatic rings. The monoisotopic (exact) mass is 281 g/mol. The van der Waals surface area contributed by atoms with E-state index in [0.717, 1.165) is 29.9 Å². The van der Waals surface area contributed by atoms with Gasteiger partial charge in [0.1, 0.15) is 11.5 Å². The Hall–Kier alpha value is -2.47. The maximum Gasteiger partial charge on any atom is 0.123 e. The highest BCUT2D eigenvalue weighted by Gasteiger charge is 2.16. The summed E-state index contributed by atoms with van der Waals surface area (Å²) in [7, 11) is 3.24. The van der Waals surface area contributed by atoms with E-state index < -0.39 is 0 Å². The van der Waals surface area contributed by atoms with Gasteiger partial charge in [-0.05, 0) is 36.6 Å². The van der Waals surface area contributed by atoms with Crippen LogP contribution in [-0.4, -0.2) is 14.2 Å². The molecule has 0 saturated heterocycles. The summed E-state index contributed by atoms with van der Waals surface area (Å²) in [6, 6.07) is 18.1. The van der Waals surface area contributed by atoms with Crippen LogP contribution in [0.5, 0.6) is 11.5 Å². The molecule has 3 heteroatoms. The van der Waals surface area contributed by atoms with Gasteiger partial charge in [0, 0.05) is 5.56 Å². The molecule has 0 radical (unpaired) electrons. The van der Waals surface area contributed by atoms with Crippen LogP contribution in [0.1, 0.15) is 23.5 Å². The quantitative estimate of drug-likeness (QED) is 0.805. The molecule has 2 aromatic rings. The van der Waals surface area contributed by atoms with E-state index in [2.05, 4.69) is 18.2 Å². The predicted molar refractivity (Wildman–Crippen MR) is 82.7 cm³/mol. The van der Waals surface area contributed by atoms with Crippen LogP contribution in [0, 0.1) is 11.3 Å². The molecule has 1 atom stereocenters. The van der Waals surface area contributed by atoms with Gasteiger partial charge in [0.05, 0.1) is 26.2 Å². The molecule has 1 unspecified atom stereocenters. The summed E-state index contributed by atoms with van der Waals surface area (Å²) in [5.41, 5.74) is 2.12. The lowest BCUT2D eigenvalue weighted by atomic mass is 9.92. The number of benzene rings is 2. The van der Waals surface area contributed by atoms with Gasteiger partial charge in [-0.25, -0.2) is 0 Å². The van der Waals surface area contributed by atoms with E-state index in [4.69, 9.17) is 9.47 Å². The van der Waals surface area contributed by atoms with Crippen molar-refractivity contribution in [3.05, 3.63) is 59.7 Å². The fraction of sp³-hybridized carbons (Fsp3) is 0.278. The summed E-state index contributed by atoms with van der Waals surface area (Å²) in [4.78, 5) is 0. The van der Waals surface area contributed by atoms with Crippen molar-refractivity contribution in [1.82, 2.24) is 0 Å². The first kappa shape index (κ1) is 14.9. The number of hydrogen-bond acceptors (Lipinski definition) is 3. The van der Waals surface area contributed by atoms with Crippen molar-refractivity contribution in [2.45, 2.75) is 18.8 Å². The molecular formula is C18H19NO2. The van der Waals surface area contributed by atoms with Crippen LogP contribution in [0.15, 0.2) is 48.5 Å². The average Bonchev–Trinajstić information content (AvgIpc) is 2.56. The summed E-state index contributed by atoms with van der Waals surface area (Å²) < 4.78 is 10.6. The van der Waals surface area contributed by atoms with Gasteiger partial charge in [0.15, 0.2) is 0 Å². The fourth-order valence-corrected chi connectivity index (χ4v) is 2.36. The van der Waals surface area contributed by atoms with Crippen molar-refractivity contribution in [3.63, 3.8) is 0 Å². The molecule has 3 nitrogen and oxygen atoms in total. The first-order chi connectivity index (χ1) is 10.3. The van der Waals surface area contributed by atoms with Gasteiger partial charge in [0.2, 0.25) is 0 Å². The van der Waals surface area contributed by atoms with Crippen LogP contribution in [0.4, 0.5) is 0 Å². The zero-order chi connectivity index (χ0) is 15.1. The molecule has 0 amide bonds. The Balaban J connectivity index is 2.19. The SMILES string of the molecule is COc1ccc(OC)c(C(C#N)CCc2ccccc2)c1. The number of rotatable bonds is 6. The normalized spacial score (nSPS) is 11.5. The summed E-state index contributed by atoms with van der Waals surface area (Å²) >= 11 is 0. The molecule has 0 saturated carbocycles. The smallest absolute Gasteiger partial charge is 0.123 e. The molecule has 0 heterocycles. The molecule has 0 aliphatic carbocycles. The Kier molecular flexibility index (Phi) is 5.22. The van der Waals surface area contributed by atoms with E-state index in [1.54, 1.807) is 14.2 Å². The minimum atomic E-state index is -0.213. The van der Waals surface area contributed by atoms with Gasteiger partial charge in [-0.15, -0.1) is 0 Å². The van der Waals surface area contributed by atoms with Gasteiger partial charge in [-0.1, -0.05) is 30.3 Å².